The molecular formula is C13H23N3O2. The minimum atomic E-state index is -0.595. The second-order valence-electron chi connectivity index (χ2n) is 6.13. The number of carbonyl (C=O) groups is 1. The van der Waals surface area contributed by atoms with Crippen molar-refractivity contribution in [2.24, 2.45) is 5.41 Å². The number of ether oxygens (including phenoxy) is 1. The lowest BCUT2D eigenvalue weighted by atomic mass is 9.88. The van der Waals surface area contributed by atoms with Gasteiger partial charge in [0, 0.05) is 19.2 Å². The molecule has 1 heterocycles. The van der Waals surface area contributed by atoms with E-state index in [1.54, 1.807) is 4.68 Å². The molecule has 0 saturated carbocycles. The lowest BCUT2D eigenvalue weighted by molar-refractivity contribution is -0.165. The van der Waals surface area contributed by atoms with E-state index in [2.05, 4.69) is 10.3 Å². The third-order valence-corrected chi connectivity index (χ3v) is 2.48. The second kappa shape index (κ2) is 5.08. The lowest BCUT2D eigenvalue weighted by Gasteiger charge is -2.27. The van der Waals surface area contributed by atoms with Crippen LogP contribution in [0.1, 0.15) is 47.2 Å². The Hall–Kier alpha value is -1.39. The molecule has 0 aromatic carbocycles. The molecule has 0 saturated heterocycles. The van der Waals surface area contributed by atoms with E-state index < -0.39 is 11.0 Å². The number of hydrogen-bond acceptors (Lipinski definition) is 4. The fourth-order valence-corrected chi connectivity index (χ4v) is 1.52. The lowest BCUT2D eigenvalue weighted by Crippen LogP contribution is -2.35. The maximum absolute atomic E-state index is 12.1. The van der Waals surface area contributed by atoms with Crippen LogP contribution in [0.2, 0.25) is 0 Å². The predicted octanol–water partition coefficient (Wildman–Crippen LogP) is 2.21. The van der Waals surface area contributed by atoms with Gasteiger partial charge in [-0.1, -0.05) is 5.21 Å². The molecule has 0 unspecified atom stereocenters. The molecule has 5 nitrogen and oxygen atoms in total. The van der Waals surface area contributed by atoms with Gasteiger partial charge in [-0.15, -0.1) is 5.10 Å². The summed E-state index contributed by atoms with van der Waals surface area (Å²) in [5, 5.41) is 8.02. The number of rotatable bonds is 4. The third-order valence-electron chi connectivity index (χ3n) is 2.48. The monoisotopic (exact) mass is 253 g/mol. The van der Waals surface area contributed by atoms with E-state index in [9.17, 15) is 4.79 Å². The van der Waals surface area contributed by atoms with Crippen LogP contribution in [-0.4, -0.2) is 26.6 Å². The highest BCUT2D eigenvalue weighted by Gasteiger charge is 2.33. The number of hydrogen-bond donors (Lipinski definition) is 0. The van der Waals surface area contributed by atoms with Crippen molar-refractivity contribution >= 4 is 5.97 Å². The molecule has 0 radical (unpaired) electrons. The van der Waals surface area contributed by atoms with Crippen molar-refractivity contribution < 1.29 is 9.53 Å². The smallest absolute Gasteiger partial charge is 0.312 e. The van der Waals surface area contributed by atoms with E-state index in [1.165, 1.54) is 0 Å². The Bertz CT molecular complexity index is 416. The summed E-state index contributed by atoms with van der Waals surface area (Å²) < 4.78 is 7.16. The average Bonchev–Trinajstić information content (AvgIpc) is 2.62. The molecule has 0 fully saturated rings. The first-order valence-electron chi connectivity index (χ1n) is 6.26. The fourth-order valence-electron chi connectivity index (χ4n) is 1.52. The summed E-state index contributed by atoms with van der Waals surface area (Å²) in [4.78, 5) is 12.1. The molecule has 0 amide bonds. The normalized spacial score (nSPS) is 12.6. The van der Waals surface area contributed by atoms with Gasteiger partial charge in [-0.25, -0.2) is 0 Å². The van der Waals surface area contributed by atoms with E-state index in [0.29, 0.717) is 6.42 Å². The van der Waals surface area contributed by atoms with Gasteiger partial charge in [0.15, 0.2) is 0 Å². The Kier molecular flexibility index (Phi) is 4.14. The standard InChI is InChI=1S/C13H23N3O2/c1-7-16-9-10(14-15-16)8-13(5,6)11(17)18-12(2,3)4/h9H,7-8H2,1-6H3. The van der Waals surface area contributed by atoms with Crippen LogP contribution in [0.5, 0.6) is 0 Å². The fraction of sp³-hybridized carbons (Fsp3) is 0.769. The Balaban J connectivity index is 2.71. The zero-order valence-corrected chi connectivity index (χ0v) is 12.1. The quantitative estimate of drug-likeness (QED) is 0.772. The molecule has 102 valence electrons. The Morgan fingerprint density at radius 1 is 1.33 bits per heavy atom. The summed E-state index contributed by atoms with van der Waals surface area (Å²) in [6, 6.07) is 0. The van der Waals surface area contributed by atoms with Crippen molar-refractivity contribution in [3.63, 3.8) is 0 Å². The van der Waals surface area contributed by atoms with E-state index in [0.717, 1.165) is 12.2 Å². The first-order valence-corrected chi connectivity index (χ1v) is 6.26. The second-order valence-corrected chi connectivity index (χ2v) is 6.13. The molecule has 5 heteroatoms. The van der Waals surface area contributed by atoms with Gasteiger partial charge in [-0.3, -0.25) is 9.48 Å². The van der Waals surface area contributed by atoms with E-state index in [-0.39, 0.29) is 5.97 Å². The van der Waals surface area contributed by atoms with E-state index >= 15 is 0 Å². The molecule has 18 heavy (non-hydrogen) atoms. The highest BCUT2D eigenvalue weighted by atomic mass is 16.6. The molecule has 0 aliphatic carbocycles. The van der Waals surface area contributed by atoms with Gasteiger partial charge in [-0.2, -0.15) is 0 Å². The summed E-state index contributed by atoms with van der Waals surface area (Å²) in [5.41, 5.74) is -0.246. The van der Waals surface area contributed by atoms with Gasteiger partial charge in [0.05, 0.1) is 11.1 Å². The van der Waals surface area contributed by atoms with Crippen molar-refractivity contribution in [2.75, 3.05) is 0 Å². The molecule has 0 N–H and O–H groups in total. The van der Waals surface area contributed by atoms with Gasteiger partial charge in [-0.05, 0) is 41.5 Å². The number of aryl methyl sites for hydroxylation is 1. The minimum absolute atomic E-state index is 0.207. The summed E-state index contributed by atoms with van der Waals surface area (Å²) >= 11 is 0. The zero-order chi connectivity index (χ0) is 14.0. The molecule has 0 atom stereocenters. The number of esters is 1. The molecule has 0 aliphatic rings. The third kappa shape index (κ3) is 4.13. The van der Waals surface area contributed by atoms with Gasteiger partial charge < -0.3 is 4.74 Å². The summed E-state index contributed by atoms with van der Waals surface area (Å²) in [6.07, 6.45) is 2.40. The molecule has 0 bridgehead atoms. The molecule has 1 rings (SSSR count). The van der Waals surface area contributed by atoms with E-state index in [1.807, 2.05) is 47.7 Å². The Labute approximate surface area is 109 Å². The van der Waals surface area contributed by atoms with Gasteiger partial charge >= 0.3 is 5.97 Å². The van der Waals surface area contributed by atoms with Gasteiger partial charge in [0.2, 0.25) is 0 Å². The minimum Gasteiger partial charge on any atom is -0.460 e. The zero-order valence-electron chi connectivity index (χ0n) is 12.1. The predicted molar refractivity (Wildman–Crippen MR) is 69.0 cm³/mol. The molecule has 1 aromatic rings. The SMILES string of the molecule is CCn1cc(CC(C)(C)C(=O)OC(C)(C)C)nn1. The van der Waals surface area contributed by atoms with Crippen LogP contribution >= 0.6 is 0 Å². The van der Waals surface area contributed by atoms with Crippen molar-refractivity contribution in [1.82, 2.24) is 15.0 Å². The molecule has 0 aliphatic heterocycles. The van der Waals surface area contributed by atoms with Crippen LogP contribution in [0.15, 0.2) is 6.20 Å². The van der Waals surface area contributed by atoms with Crippen molar-refractivity contribution in [2.45, 2.75) is 60.1 Å². The van der Waals surface area contributed by atoms with Crippen molar-refractivity contribution in [3.8, 4) is 0 Å². The Morgan fingerprint density at radius 2 is 1.94 bits per heavy atom. The summed E-state index contributed by atoms with van der Waals surface area (Å²) in [5.74, 6) is -0.207. The van der Waals surface area contributed by atoms with Gasteiger partial charge in [0.1, 0.15) is 5.60 Å². The summed E-state index contributed by atoms with van der Waals surface area (Å²) in [7, 11) is 0. The van der Waals surface area contributed by atoms with Crippen LogP contribution in [-0.2, 0) is 22.5 Å². The number of aromatic nitrogens is 3. The number of carbonyl (C=O) groups excluding carboxylic acids is 1. The van der Waals surface area contributed by atoms with Crippen molar-refractivity contribution in [1.29, 1.82) is 0 Å². The first kappa shape index (κ1) is 14.7. The number of nitrogens with zero attached hydrogens (tertiary/aromatic N) is 3. The van der Waals surface area contributed by atoms with Crippen LogP contribution in [0, 0.1) is 5.41 Å². The molecule has 1 aromatic heterocycles. The molecule has 0 spiro atoms. The van der Waals surface area contributed by atoms with E-state index in [4.69, 9.17) is 4.74 Å². The average molecular weight is 253 g/mol. The van der Waals surface area contributed by atoms with Crippen LogP contribution < -0.4 is 0 Å². The van der Waals surface area contributed by atoms with Crippen molar-refractivity contribution in [3.05, 3.63) is 11.9 Å². The van der Waals surface area contributed by atoms with Crippen LogP contribution in [0.25, 0.3) is 0 Å². The summed E-state index contributed by atoms with van der Waals surface area (Å²) in [6.45, 7) is 12.1. The van der Waals surface area contributed by atoms with Crippen LogP contribution in [0.3, 0.4) is 0 Å². The first-order chi connectivity index (χ1) is 8.14. The van der Waals surface area contributed by atoms with Gasteiger partial charge in [0.25, 0.3) is 0 Å². The Morgan fingerprint density at radius 3 is 2.39 bits per heavy atom. The highest BCUT2D eigenvalue weighted by Crippen LogP contribution is 2.25. The topological polar surface area (TPSA) is 57.0 Å². The molecular weight excluding hydrogens is 230 g/mol. The maximum Gasteiger partial charge on any atom is 0.312 e. The maximum atomic E-state index is 12.1. The highest BCUT2D eigenvalue weighted by molar-refractivity contribution is 5.76. The van der Waals surface area contributed by atoms with Crippen LogP contribution in [0.4, 0.5) is 0 Å². The largest absolute Gasteiger partial charge is 0.460 e.